The van der Waals surface area contributed by atoms with Crippen molar-refractivity contribution < 1.29 is 14.0 Å². The number of hydrogen-bond donors (Lipinski definition) is 1. The molecule has 9 heteroatoms. The highest BCUT2D eigenvalue weighted by Crippen LogP contribution is 2.27. The summed E-state index contributed by atoms with van der Waals surface area (Å²) in [5.74, 6) is -0.845. The number of amides is 1. The van der Waals surface area contributed by atoms with Crippen LogP contribution in [0.1, 0.15) is 24.2 Å². The molecule has 2 aromatic carbocycles. The topological polar surface area (TPSA) is 93.9 Å². The zero-order valence-corrected chi connectivity index (χ0v) is 19.1. The van der Waals surface area contributed by atoms with Gasteiger partial charge in [0.05, 0.1) is 10.9 Å². The van der Waals surface area contributed by atoms with E-state index in [2.05, 4.69) is 15.3 Å². The lowest BCUT2D eigenvalue weighted by Gasteiger charge is -2.15. The van der Waals surface area contributed by atoms with Gasteiger partial charge >= 0.3 is 0 Å². The molecule has 0 fully saturated rings. The molecule has 2 heterocycles. The number of benzene rings is 2. The molecule has 0 bridgehead atoms. The van der Waals surface area contributed by atoms with Gasteiger partial charge in [-0.25, -0.2) is 14.4 Å². The summed E-state index contributed by atoms with van der Waals surface area (Å²) in [7, 11) is 0. The number of carbonyl (C=O) groups excluding carboxylic acids is 2. The minimum Gasteiger partial charge on any atom is -0.352 e. The Morgan fingerprint density at radius 2 is 1.94 bits per heavy atom. The Kier molecular flexibility index (Phi) is 6.51. The third-order valence-electron chi connectivity index (χ3n) is 5.11. The van der Waals surface area contributed by atoms with Gasteiger partial charge in [-0.2, -0.15) is 0 Å². The van der Waals surface area contributed by atoms with Gasteiger partial charge in [0.25, 0.3) is 5.56 Å². The van der Waals surface area contributed by atoms with Gasteiger partial charge in [-0.3, -0.25) is 19.0 Å². The van der Waals surface area contributed by atoms with E-state index < -0.39 is 11.4 Å². The van der Waals surface area contributed by atoms with E-state index in [0.717, 1.165) is 0 Å². The van der Waals surface area contributed by atoms with E-state index in [1.807, 2.05) is 13.8 Å². The number of halogens is 2. The predicted molar refractivity (Wildman–Crippen MR) is 128 cm³/mol. The number of nitrogens with zero attached hydrogens (tertiary/aromatic N) is 3. The van der Waals surface area contributed by atoms with Crippen LogP contribution in [0.15, 0.2) is 59.5 Å². The number of fused-ring (bicyclic) bond motifs is 1. The summed E-state index contributed by atoms with van der Waals surface area (Å²) in [6.45, 7) is 3.35. The second-order valence-corrected chi connectivity index (χ2v) is 8.42. The molecule has 0 aliphatic carbocycles. The van der Waals surface area contributed by atoms with Gasteiger partial charge in [0.1, 0.15) is 18.2 Å². The lowest BCUT2D eigenvalue weighted by molar-refractivity contribution is -0.122. The number of pyridine rings is 1. The Balaban J connectivity index is 1.94. The molecule has 1 amide bonds. The third kappa shape index (κ3) is 4.58. The van der Waals surface area contributed by atoms with Gasteiger partial charge in [-0.1, -0.05) is 35.9 Å². The van der Waals surface area contributed by atoms with Crippen molar-refractivity contribution in [1.29, 1.82) is 0 Å². The van der Waals surface area contributed by atoms with Crippen LogP contribution in [0, 0.1) is 5.82 Å². The zero-order chi connectivity index (χ0) is 24.4. The molecule has 4 rings (SSSR count). The third-order valence-corrected chi connectivity index (χ3v) is 5.35. The maximum atomic E-state index is 14.7. The number of aldehydes is 1. The molecule has 4 aromatic rings. The maximum absolute atomic E-state index is 14.7. The number of hydrogen-bond acceptors (Lipinski definition) is 5. The first-order valence-electron chi connectivity index (χ1n) is 10.5. The molecule has 0 aliphatic heterocycles. The van der Waals surface area contributed by atoms with Gasteiger partial charge in [-0.05, 0) is 38.1 Å². The van der Waals surface area contributed by atoms with Crippen LogP contribution in [-0.2, 0) is 11.3 Å². The summed E-state index contributed by atoms with van der Waals surface area (Å²) in [5, 5.41) is 3.31. The number of aromatic nitrogens is 3. The van der Waals surface area contributed by atoms with Crippen LogP contribution in [0.5, 0.6) is 0 Å². The summed E-state index contributed by atoms with van der Waals surface area (Å²) in [6, 6.07) is 12.5. The van der Waals surface area contributed by atoms with Crippen LogP contribution in [0.4, 0.5) is 4.39 Å². The molecule has 2 aromatic heterocycles. The molecule has 34 heavy (non-hydrogen) atoms. The standard InChI is InChI=1S/C25H20ClFN4O3/c1-14(2)29-21(33)12-31-24(15-5-3-7-18(26)9-15)30-23-20(25(31)34)10-17(11-28-23)19-8-4-6-16(13-32)22(19)27/h3-11,13-14H,12H2,1-2H3,(H,29,33). The zero-order valence-electron chi connectivity index (χ0n) is 18.4. The minimum atomic E-state index is -0.709. The van der Waals surface area contributed by atoms with Crippen molar-refractivity contribution in [3.8, 4) is 22.5 Å². The molecule has 0 unspecified atom stereocenters. The summed E-state index contributed by atoms with van der Waals surface area (Å²) < 4.78 is 16.0. The molecule has 0 spiro atoms. The van der Waals surface area contributed by atoms with Crippen LogP contribution < -0.4 is 10.9 Å². The van der Waals surface area contributed by atoms with E-state index in [0.29, 0.717) is 22.4 Å². The molecule has 0 aliphatic rings. The normalized spacial score (nSPS) is 11.1. The fraction of sp³-hybridized carbons (Fsp3) is 0.160. The summed E-state index contributed by atoms with van der Waals surface area (Å²) in [4.78, 5) is 46.0. The number of rotatable bonds is 6. The summed E-state index contributed by atoms with van der Waals surface area (Å²) in [6.07, 6.45) is 1.81. The van der Waals surface area contributed by atoms with E-state index in [4.69, 9.17) is 11.6 Å². The van der Waals surface area contributed by atoms with Crippen LogP contribution in [0.3, 0.4) is 0 Å². The van der Waals surface area contributed by atoms with Crippen molar-refractivity contribution in [3.05, 3.63) is 81.5 Å². The van der Waals surface area contributed by atoms with Crippen molar-refractivity contribution in [2.75, 3.05) is 0 Å². The molecule has 0 atom stereocenters. The fourth-order valence-corrected chi connectivity index (χ4v) is 3.81. The Labute approximate surface area is 199 Å². The highest BCUT2D eigenvalue weighted by molar-refractivity contribution is 6.30. The second kappa shape index (κ2) is 9.52. The fourth-order valence-electron chi connectivity index (χ4n) is 3.62. The monoisotopic (exact) mass is 478 g/mol. The van der Waals surface area contributed by atoms with Crippen molar-refractivity contribution in [2.24, 2.45) is 0 Å². The summed E-state index contributed by atoms with van der Waals surface area (Å²) in [5.41, 5.74) is 0.494. The van der Waals surface area contributed by atoms with Crippen LogP contribution >= 0.6 is 11.6 Å². The van der Waals surface area contributed by atoms with Gasteiger partial charge < -0.3 is 5.32 Å². The lowest BCUT2D eigenvalue weighted by Crippen LogP contribution is -2.37. The Hall–Kier alpha value is -3.91. The quantitative estimate of drug-likeness (QED) is 0.418. The number of carbonyl (C=O) groups is 2. The van der Waals surface area contributed by atoms with Gasteiger partial charge in [0.15, 0.2) is 11.9 Å². The van der Waals surface area contributed by atoms with Crippen molar-refractivity contribution in [2.45, 2.75) is 26.4 Å². The van der Waals surface area contributed by atoms with E-state index in [9.17, 15) is 18.8 Å². The van der Waals surface area contributed by atoms with Crippen LogP contribution in [0.2, 0.25) is 5.02 Å². The van der Waals surface area contributed by atoms with Gasteiger partial charge in [0.2, 0.25) is 5.91 Å². The second-order valence-electron chi connectivity index (χ2n) is 7.98. The van der Waals surface area contributed by atoms with Gasteiger partial charge in [-0.15, -0.1) is 0 Å². The predicted octanol–water partition coefficient (Wildman–Crippen LogP) is 4.26. The largest absolute Gasteiger partial charge is 0.352 e. The first-order chi connectivity index (χ1) is 16.3. The van der Waals surface area contributed by atoms with E-state index in [1.54, 1.807) is 30.3 Å². The highest BCUT2D eigenvalue weighted by Gasteiger charge is 2.18. The number of nitrogens with one attached hydrogen (secondary N) is 1. The van der Waals surface area contributed by atoms with Gasteiger partial charge in [0, 0.05) is 34.0 Å². The Morgan fingerprint density at radius 1 is 1.18 bits per heavy atom. The first-order valence-corrected chi connectivity index (χ1v) is 10.9. The molecule has 0 saturated carbocycles. The molecule has 7 nitrogen and oxygen atoms in total. The minimum absolute atomic E-state index is 0.102. The van der Waals surface area contributed by atoms with Crippen LogP contribution in [-0.4, -0.2) is 32.8 Å². The molecule has 0 saturated heterocycles. The smallest absolute Gasteiger partial charge is 0.263 e. The van der Waals surface area contributed by atoms with Crippen LogP contribution in [0.25, 0.3) is 33.5 Å². The van der Waals surface area contributed by atoms with E-state index >= 15 is 0 Å². The molecular formula is C25H20ClFN4O3. The van der Waals surface area contributed by atoms with Crippen molar-refractivity contribution in [1.82, 2.24) is 19.9 Å². The van der Waals surface area contributed by atoms with Crippen molar-refractivity contribution in [3.63, 3.8) is 0 Å². The maximum Gasteiger partial charge on any atom is 0.263 e. The summed E-state index contributed by atoms with van der Waals surface area (Å²) >= 11 is 6.14. The molecule has 0 radical (unpaired) electrons. The highest BCUT2D eigenvalue weighted by atomic mass is 35.5. The SMILES string of the molecule is CC(C)NC(=O)Cn1c(-c2cccc(Cl)c2)nc2ncc(-c3cccc(C=O)c3F)cc2c1=O. The van der Waals surface area contributed by atoms with Crippen molar-refractivity contribution >= 4 is 34.8 Å². The average molecular weight is 479 g/mol. The van der Waals surface area contributed by atoms with E-state index in [1.165, 1.54) is 29.0 Å². The average Bonchev–Trinajstić information content (AvgIpc) is 2.80. The lowest BCUT2D eigenvalue weighted by atomic mass is 10.0. The Morgan fingerprint density at radius 3 is 2.65 bits per heavy atom. The first kappa shape index (κ1) is 23.3. The molecule has 172 valence electrons. The molecular weight excluding hydrogens is 459 g/mol. The van der Waals surface area contributed by atoms with E-state index in [-0.39, 0.29) is 46.5 Å². The Bertz CT molecular complexity index is 1480. The molecule has 1 N–H and O–H groups in total.